The summed E-state index contributed by atoms with van der Waals surface area (Å²) in [5, 5.41) is 4.15. The summed E-state index contributed by atoms with van der Waals surface area (Å²) in [7, 11) is 0. The Kier molecular flexibility index (Phi) is 3.43. The van der Waals surface area contributed by atoms with Gasteiger partial charge in [0, 0.05) is 11.8 Å². The van der Waals surface area contributed by atoms with E-state index in [4.69, 9.17) is 4.74 Å². The summed E-state index contributed by atoms with van der Waals surface area (Å²) >= 11 is 0. The largest absolute Gasteiger partial charge is 0.442 e. The quantitative estimate of drug-likeness (QED) is 0.859. The lowest BCUT2D eigenvalue weighted by molar-refractivity contribution is 0.128. The molecule has 1 aromatic carbocycles. The predicted octanol–water partition coefficient (Wildman–Crippen LogP) is 1.58. The van der Waals surface area contributed by atoms with E-state index in [0.29, 0.717) is 6.54 Å². The maximum atomic E-state index is 11.9. The van der Waals surface area contributed by atoms with E-state index >= 15 is 0 Å². The maximum absolute atomic E-state index is 11.9. The first-order valence-electron chi connectivity index (χ1n) is 6.71. The van der Waals surface area contributed by atoms with Crippen LogP contribution in [0.1, 0.15) is 5.69 Å². The third-order valence-corrected chi connectivity index (χ3v) is 3.32. The van der Waals surface area contributed by atoms with E-state index in [1.54, 1.807) is 11.0 Å². The van der Waals surface area contributed by atoms with Gasteiger partial charge in [-0.15, -0.1) is 0 Å². The van der Waals surface area contributed by atoms with E-state index in [1.165, 1.54) is 10.7 Å². The number of hydrogen-bond donors (Lipinski definition) is 0. The number of aromatic nitrogens is 2. The fraction of sp³-hybridized carbons (Fsp3) is 0.267. The second-order valence-electron chi connectivity index (χ2n) is 4.95. The van der Waals surface area contributed by atoms with Crippen LogP contribution in [0.3, 0.4) is 0 Å². The number of carbonyl (C=O) groups is 1. The number of para-hydroxylation sites is 1. The Labute approximate surface area is 121 Å². The third kappa shape index (κ3) is 2.79. The van der Waals surface area contributed by atoms with Gasteiger partial charge in [-0.25, -0.2) is 9.48 Å². The summed E-state index contributed by atoms with van der Waals surface area (Å²) in [6.07, 6.45) is -0.781. The molecule has 2 heterocycles. The second kappa shape index (κ2) is 5.40. The summed E-state index contributed by atoms with van der Waals surface area (Å²) < 4.78 is 6.65. The Bertz CT molecular complexity index is 712. The molecule has 6 heteroatoms. The number of carbonyl (C=O) groups excluding carboxylic acids is 1. The van der Waals surface area contributed by atoms with E-state index < -0.39 is 6.09 Å². The molecule has 1 amide bonds. The first-order valence-corrected chi connectivity index (χ1v) is 6.71. The van der Waals surface area contributed by atoms with Crippen molar-refractivity contribution in [2.45, 2.75) is 19.6 Å². The van der Waals surface area contributed by atoms with Gasteiger partial charge < -0.3 is 4.74 Å². The molecule has 0 saturated carbocycles. The zero-order valence-corrected chi connectivity index (χ0v) is 11.6. The van der Waals surface area contributed by atoms with E-state index in [-0.39, 0.29) is 18.2 Å². The average Bonchev–Trinajstić information content (AvgIpc) is 2.84. The van der Waals surface area contributed by atoms with Crippen molar-refractivity contribution in [3.63, 3.8) is 0 Å². The molecule has 0 aliphatic carbocycles. The summed E-state index contributed by atoms with van der Waals surface area (Å²) in [6.45, 7) is 2.48. The third-order valence-electron chi connectivity index (χ3n) is 3.32. The SMILES string of the molecule is Cc1ccc(=O)n(C[C@H]2CN(c3ccccc3)C(=O)O2)n1. The molecule has 3 rings (SSSR count). The first kappa shape index (κ1) is 13.4. The molecule has 1 atom stereocenters. The first-order chi connectivity index (χ1) is 10.1. The summed E-state index contributed by atoms with van der Waals surface area (Å²) in [4.78, 5) is 25.2. The zero-order valence-electron chi connectivity index (χ0n) is 11.6. The molecule has 108 valence electrons. The lowest BCUT2D eigenvalue weighted by atomic mass is 10.2. The van der Waals surface area contributed by atoms with Gasteiger partial charge in [-0.3, -0.25) is 9.69 Å². The molecule has 0 N–H and O–H groups in total. The minimum atomic E-state index is -0.396. The molecule has 1 aliphatic heterocycles. The molecule has 21 heavy (non-hydrogen) atoms. The van der Waals surface area contributed by atoms with Gasteiger partial charge in [-0.05, 0) is 25.1 Å². The number of anilines is 1. The van der Waals surface area contributed by atoms with Gasteiger partial charge in [0.2, 0.25) is 0 Å². The van der Waals surface area contributed by atoms with Crippen LogP contribution < -0.4 is 10.5 Å². The van der Waals surface area contributed by atoms with Crippen LogP contribution in [0.4, 0.5) is 10.5 Å². The number of cyclic esters (lactones) is 1. The highest BCUT2D eigenvalue weighted by Crippen LogP contribution is 2.21. The summed E-state index contributed by atoms with van der Waals surface area (Å²) in [5.74, 6) is 0. The van der Waals surface area contributed by atoms with Gasteiger partial charge in [0.25, 0.3) is 5.56 Å². The Morgan fingerprint density at radius 3 is 2.71 bits per heavy atom. The standard InChI is InChI=1S/C15H15N3O3/c1-11-7-8-14(19)18(16-11)10-13-9-17(15(20)21-13)12-5-3-2-4-6-12/h2-8,13H,9-10H2,1H3/t13-/m1/s1. The van der Waals surface area contributed by atoms with E-state index in [2.05, 4.69) is 5.10 Å². The minimum absolute atomic E-state index is 0.199. The second-order valence-corrected chi connectivity index (χ2v) is 4.95. The van der Waals surface area contributed by atoms with Crippen LogP contribution in [0.2, 0.25) is 0 Å². The molecule has 6 nitrogen and oxygen atoms in total. The minimum Gasteiger partial charge on any atom is -0.442 e. The van der Waals surface area contributed by atoms with Crippen molar-refractivity contribution in [1.82, 2.24) is 9.78 Å². The van der Waals surface area contributed by atoms with Gasteiger partial charge in [0.05, 0.1) is 18.8 Å². The molecule has 1 aromatic heterocycles. The highest BCUT2D eigenvalue weighted by atomic mass is 16.6. The van der Waals surface area contributed by atoms with Gasteiger partial charge in [-0.1, -0.05) is 18.2 Å². The Balaban J connectivity index is 1.76. The van der Waals surface area contributed by atoms with Crippen molar-refractivity contribution in [2.24, 2.45) is 0 Å². The number of aryl methyl sites for hydroxylation is 1. The topological polar surface area (TPSA) is 64.4 Å². The molecule has 1 saturated heterocycles. The number of benzene rings is 1. The van der Waals surface area contributed by atoms with Gasteiger partial charge in [0.1, 0.15) is 6.10 Å². The lowest BCUT2D eigenvalue weighted by Crippen LogP contribution is -2.31. The molecular formula is C15H15N3O3. The number of nitrogens with zero attached hydrogens (tertiary/aromatic N) is 3. The average molecular weight is 285 g/mol. The number of rotatable bonds is 3. The molecule has 2 aromatic rings. The molecule has 0 radical (unpaired) electrons. The summed E-state index contributed by atoms with van der Waals surface area (Å²) in [6, 6.07) is 12.4. The monoisotopic (exact) mass is 285 g/mol. The van der Waals surface area contributed by atoms with Crippen molar-refractivity contribution < 1.29 is 9.53 Å². The number of hydrogen-bond acceptors (Lipinski definition) is 4. The van der Waals surface area contributed by atoms with Crippen molar-refractivity contribution in [1.29, 1.82) is 0 Å². The van der Waals surface area contributed by atoms with Crippen molar-refractivity contribution in [3.8, 4) is 0 Å². The maximum Gasteiger partial charge on any atom is 0.414 e. The Hall–Kier alpha value is -2.63. The van der Waals surface area contributed by atoms with Crippen LogP contribution in [0.25, 0.3) is 0 Å². The number of amides is 1. The Morgan fingerprint density at radius 2 is 1.95 bits per heavy atom. The van der Waals surface area contributed by atoms with Crippen molar-refractivity contribution in [2.75, 3.05) is 11.4 Å². The molecule has 0 bridgehead atoms. The van der Waals surface area contributed by atoms with E-state index in [9.17, 15) is 9.59 Å². The van der Waals surface area contributed by atoms with Crippen LogP contribution in [0, 0.1) is 6.92 Å². The zero-order chi connectivity index (χ0) is 14.8. The van der Waals surface area contributed by atoms with E-state index in [1.807, 2.05) is 37.3 Å². The fourth-order valence-corrected chi connectivity index (χ4v) is 2.31. The van der Waals surface area contributed by atoms with Crippen LogP contribution >= 0.6 is 0 Å². The number of ether oxygens (including phenoxy) is 1. The highest BCUT2D eigenvalue weighted by Gasteiger charge is 2.32. The normalized spacial score (nSPS) is 17.9. The molecule has 0 unspecified atom stereocenters. The molecule has 1 aliphatic rings. The Morgan fingerprint density at radius 1 is 1.19 bits per heavy atom. The predicted molar refractivity (Wildman–Crippen MR) is 77.3 cm³/mol. The van der Waals surface area contributed by atoms with Crippen molar-refractivity contribution >= 4 is 11.8 Å². The van der Waals surface area contributed by atoms with Gasteiger partial charge in [0.15, 0.2) is 0 Å². The van der Waals surface area contributed by atoms with Crippen LogP contribution in [-0.4, -0.2) is 28.5 Å². The highest BCUT2D eigenvalue weighted by molar-refractivity contribution is 5.89. The molecular weight excluding hydrogens is 270 g/mol. The summed E-state index contributed by atoms with van der Waals surface area (Å²) in [5.41, 5.74) is 1.34. The van der Waals surface area contributed by atoms with Crippen LogP contribution in [0.5, 0.6) is 0 Å². The van der Waals surface area contributed by atoms with Crippen molar-refractivity contribution in [3.05, 3.63) is 58.5 Å². The fourth-order valence-electron chi connectivity index (χ4n) is 2.31. The van der Waals surface area contributed by atoms with Crippen LogP contribution in [-0.2, 0) is 11.3 Å². The lowest BCUT2D eigenvalue weighted by Gasteiger charge is -2.12. The van der Waals surface area contributed by atoms with Gasteiger partial charge >= 0.3 is 6.09 Å². The smallest absolute Gasteiger partial charge is 0.414 e. The molecule has 0 spiro atoms. The van der Waals surface area contributed by atoms with Crippen LogP contribution in [0.15, 0.2) is 47.3 Å². The van der Waals surface area contributed by atoms with E-state index in [0.717, 1.165) is 11.4 Å². The van der Waals surface area contributed by atoms with Gasteiger partial charge in [-0.2, -0.15) is 5.10 Å². The molecule has 1 fully saturated rings.